The van der Waals surface area contributed by atoms with Gasteiger partial charge < -0.3 is 19.1 Å². The Kier molecular flexibility index (Phi) is 5.83. The summed E-state index contributed by atoms with van der Waals surface area (Å²) in [5.74, 6) is 0.162. The molecule has 0 atom stereocenters. The largest absolute Gasteiger partial charge is 0.459 e. The summed E-state index contributed by atoms with van der Waals surface area (Å²) in [6.45, 7) is 4.15. The molecule has 29 heavy (non-hydrogen) atoms. The first-order chi connectivity index (χ1) is 14.1. The number of halogens is 1. The van der Waals surface area contributed by atoms with Crippen molar-refractivity contribution in [1.82, 2.24) is 9.80 Å². The van der Waals surface area contributed by atoms with Gasteiger partial charge in [0.15, 0.2) is 5.76 Å². The van der Waals surface area contributed by atoms with Crippen LogP contribution in [-0.2, 0) is 4.79 Å². The van der Waals surface area contributed by atoms with Crippen LogP contribution >= 0.6 is 0 Å². The van der Waals surface area contributed by atoms with Crippen LogP contribution in [0, 0.1) is 11.7 Å². The van der Waals surface area contributed by atoms with Gasteiger partial charge in [-0.2, -0.15) is 0 Å². The van der Waals surface area contributed by atoms with Crippen molar-refractivity contribution in [2.75, 3.05) is 44.2 Å². The Morgan fingerprint density at radius 2 is 1.66 bits per heavy atom. The lowest BCUT2D eigenvalue weighted by molar-refractivity contribution is -0.136. The lowest BCUT2D eigenvalue weighted by Gasteiger charge is -2.33. The molecule has 1 aromatic carbocycles. The predicted molar refractivity (Wildman–Crippen MR) is 107 cm³/mol. The summed E-state index contributed by atoms with van der Waals surface area (Å²) < 4.78 is 18.4. The molecule has 2 saturated heterocycles. The Labute approximate surface area is 169 Å². The average Bonchev–Trinajstić information content (AvgIpc) is 3.18. The van der Waals surface area contributed by atoms with Crippen LogP contribution < -0.4 is 4.90 Å². The molecule has 0 aliphatic carbocycles. The molecular formula is C22H26FN3O3. The van der Waals surface area contributed by atoms with E-state index in [1.54, 1.807) is 29.2 Å². The number of hydrogen-bond acceptors (Lipinski definition) is 4. The van der Waals surface area contributed by atoms with E-state index in [0.717, 1.165) is 31.7 Å². The van der Waals surface area contributed by atoms with Crippen LogP contribution in [-0.4, -0.2) is 60.9 Å². The Hall–Kier alpha value is -2.83. The maximum Gasteiger partial charge on any atom is 0.289 e. The molecule has 2 fully saturated rings. The number of carbonyl (C=O) groups is 2. The summed E-state index contributed by atoms with van der Waals surface area (Å²) in [4.78, 5) is 31.3. The standard InChI is InChI=1S/C22H26FN3O3/c23-18-4-6-19(7-5-18)24-10-2-11-25(15-14-24)21(27)17-8-12-26(13-9-17)22(28)20-3-1-16-29-20/h1,3-7,16-17H,2,8-15H2. The van der Waals surface area contributed by atoms with E-state index >= 15 is 0 Å². The third-order valence-corrected chi connectivity index (χ3v) is 5.86. The van der Waals surface area contributed by atoms with E-state index in [0.29, 0.717) is 38.2 Å². The minimum atomic E-state index is -0.239. The zero-order valence-corrected chi connectivity index (χ0v) is 16.4. The minimum absolute atomic E-state index is 0.0342. The number of hydrogen-bond donors (Lipinski definition) is 0. The highest BCUT2D eigenvalue weighted by molar-refractivity contribution is 5.91. The maximum atomic E-state index is 13.2. The van der Waals surface area contributed by atoms with Crippen LogP contribution in [0.1, 0.15) is 29.8 Å². The molecule has 1 aromatic heterocycles. The second kappa shape index (κ2) is 8.68. The van der Waals surface area contributed by atoms with Gasteiger partial charge in [0.25, 0.3) is 5.91 Å². The van der Waals surface area contributed by atoms with Gasteiger partial charge in [-0.15, -0.1) is 0 Å². The summed E-state index contributed by atoms with van der Waals surface area (Å²) in [6.07, 6.45) is 3.75. The molecule has 0 radical (unpaired) electrons. The molecule has 0 N–H and O–H groups in total. The van der Waals surface area contributed by atoms with E-state index in [1.165, 1.54) is 18.4 Å². The molecule has 2 aliphatic heterocycles. The Balaban J connectivity index is 1.30. The highest BCUT2D eigenvalue weighted by atomic mass is 19.1. The van der Waals surface area contributed by atoms with Crippen molar-refractivity contribution in [2.24, 2.45) is 5.92 Å². The fraction of sp³-hybridized carbons (Fsp3) is 0.455. The summed E-state index contributed by atoms with van der Waals surface area (Å²) in [6, 6.07) is 9.90. The van der Waals surface area contributed by atoms with Crippen molar-refractivity contribution in [3.63, 3.8) is 0 Å². The number of benzene rings is 1. The second-order valence-corrected chi connectivity index (χ2v) is 7.69. The molecule has 0 unspecified atom stereocenters. The summed E-state index contributed by atoms with van der Waals surface area (Å²) in [7, 11) is 0. The van der Waals surface area contributed by atoms with E-state index in [2.05, 4.69) is 4.90 Å². The van der Waals surface area contributed by atoms with Crippen molar-refractivity contribution < 1.29 is 18.4 Å². The first-order valence-corrected chi connectivity index (χ1v) is 10.2. The van der Waals surface area contributed by atoms with Crippen molar-refractivity contribution in [3.05, 3.63) is 54.2 Å². The SMILES string of the molecule is O=C(c1ccco1)N1CCC(C(=O)N2CCCN(c3ccc(F)cc3)CC2)CC1. The monoisotopic (exact) mass is 399 g/mol. The predicted octanol–water partition coefficient (Wildman–Crippen LogP) is 3.01. The molecule has 2 aliphatic rings. The Morgan fingerprint density at radius 3 is 2.34 bits per heavy atom. The topological polar surface area (TPSA) is 57.0 Å². The molecule has 7 heteroatoms. The lowest BCUT2D eigenvalue weighted by atomic mass is 9.95. The van der Waals surface area contributed by atoms with Crippen molar-refractivity contribution in [1.29, 1.82) is 0 Å². The van der Waals surface area contributed by atoms with Gasteiger partial charge in [0.1, 0.15) is 5.82 Å². The number of nitrogens with zero attached hydrogens (tertiary/aromatic N) is 3. The van der Waals surface area contributed by atoms with Crippen LogP contribution in [0.25, 0.3) is 0 Å². The highest BCUT2D eigenvalue weighted by Gasteiger charge is 2.31. The normalized spacial score (nSPS) is 18.6. The molecule has 0 spiro atoms. The molecular weight excluding hydrogens is 373 g/mol. The summed E-state index contributed by atoms with van der Waals surface area (Å²) >= 11 is 0. The van der Waals surface area contributed by atoms with Crippen LogP contribution in [0.4, 0.5) is 10.1 Å². The lowest BCUT2D eigenvalue weighted by Crippen LogP contribution is -2.45. The van der Waals surface area contributed by atoms with Crippen molar-refractivity contribution in [2.45, 2.75) is 19.3 Å². The van der Waals surface area contributed by atoms with Gasteiger partial charge in [0, 0.05) is 50.9 Å². The molecule has 4 rings (SSSR count). The van der Waals surface area contributed by atoms with Gasteiger partial charge in [0.2, 0.25) is 5.91 Å². The van der Waals surface area contributed by atoms with Gasteiger partial charge in [-0.1, -0.05) is 0 Å². The van der Waals surface area contributed by atoms with Crippen LogP contribution in [0.15, 0.2) is 47.1 Å². The first-order valence-electron chi connectivity index (χ1n) is 10.2. The van der Waals surface area contributed by atoms with Crippen molar-refractivity contribution in [3.8, 4) is 0 Å². The van der Waals surface area contributed by atoms with Crippen LogP contribution in [0.5, 0.6) is 0 Å². The van der Waals surface area contributed by atoms with Gasteiger partial charge in [0.05, 0.1) is 6.26 Å². The van der Waals surface area contributed by atoms with Gasteiger partial charge >= 0.3 is 0 Å². The Bertz CT molecular complexity index is 829. The van der Waals surface area contributed by atoms with E-state index in [4.69, 9.17) is 4.42 Å². The van der Waals surface area contributed by atoms with E-state index in [1.807, 2.05) is 4.90 Å². The third-order valence-electron chi connectivity index (χ3n) is 5.86. The number of likely N-dealkylation sites (tertiary alicyclic amines) is 1. The molecule has 0 bridgehead atoms. The van der Waals surface area contributed by atoms with Gasteiger partial charge in [-0.25, -0.2) is 4.39 Å². The molecule has 2 amide bonds. The van der Waals surface area contributed by atoms with Gasteiger partial charge in [-0.05, 0) is 55.7 Å². The average molecular weight is 399 g/mol. The first kappa shape index (κ1) is 19.5. The summed E-state index contributed by atoms with van der Waals surface area (Å²) in [5, 5.41) is 0. The summed E-state index contributed by atoms with van der Waals surface area (Å²) in [5.41, 5.74) is 0.991. The quantitative estimate of drug-likeness (QED) is 0.796. The molecule has 154 valence electrons. The molecule has 6 nitrogen and oxygen atoms in total. The fourth-order valence-corrected chi connectivity index (χ4v) is 4.19. The molecule has 0 saturated carbocycles. The number of anilines is 1. The highest BCUT2D eigenvalue weighted by Crippen LogP contribution is 2.23. The fourth-order valence-electron chi connectivity index (χ4n) is 4.19. The third kappa shape index (κ3) is 4.44. The Morgan fingerprint density at radius 1 is 0.897 bits per heavy atom. The van der Waals surface area contributed by atoms with Crippen LogP contribution in [0.3, 0.4) is 0 Å². The van der Waals surface area contributed by atoms with E-state index < -0.39 is 0 Å². The number of carbonyl (C=O) groups excluding carboxylic acids is 2. The maximum absolute atomic E-state index is 13.2. The van der Waals surface area contributed by atoms with Gasteiger partial charge in [-0.3, -0.25) is 9.59 Å². The molecule has 2 aromatic rings. The number of rotatable bonds is 3. The van der Waals surface area contributed by atoms with E-state index in [9.17, 15) is 14.0 Å². The zero-order valence-electron chi connectivity index (χ0n) is 16.4. The van der Waals surface area contributed by atoms with Crippen LogP contribution in [0.2, 0.25) is 0 Å². The second-order valence-electron chi connectivity index (χ2n) is 7.69. The van der Waals surface area contributed by atoms with E-state index in [-0.39, 0.29) is 23.5 Å². The zero-order chi connectivity index (χ0) is 20.2. The number of piperidine rings is 1. The molecule has 3 heterocycles. The number of amides is 2. The number of furan rings is 1. The minimum Gasteiger partial charge on any atom is -0.459 e. The van der Waals surface area contributed by atoms with Crippen molar-refractivity contribution >= 4 is 17.5 Å². The smallest absolute Gasteiger partial charge is 0.289 e.